The molecule has 0 radical (unpaired) electrons. The number of methoxy groups -OCH3 is 1. The van der Waals surface area contributed by atoms with Crippen molar-refractivity contribution < 1.29 is 14.3 Å². The molecule has 0 aromatic rings. The molecule has 1 aliphatic rings. The first-order valence-corrected chi connectivity index (χ1v) is 7.85. The van der Waals surface area contributed by atoms with Gasteiger partial charge in [0.2, 0.25) is 5.91 Å². The number of nitrogens with two attached hydrogens (primary N) is 1. The minimum Gasteiger partial charge on any atom is -0.468 e. The van der Waals surface area contributed by atoms with E-state index in [0.29, 0.717) is 12.2 Å². The molecule has 0 aromatic heterocycles. The smallest absolute Gasteiger partial charge is 0.322 e. The fourth-order valence-corrected chi connectivity index (χ4v) is 3.12. The molecule has 5 nitrogen and oxygen atoms in total. The highest BCUT2D eigenvalue weighted by Gasteiger charge is 2.23. The van der Waals surface area contributed by atoms with Gasteiger partial charge in [-0.2, -0.15) is 0 Å². The summed E-state index contributed by atoms with van der Waals surface area (Å²) >= 11 is 1.56. The Labute approximate surface area is 119 Å². The van der Waals surface area contributed by atoms with Crippen LogP contribution in [0.2, 0.25) is 0 Å². The summed E-state index contributed by atoms with van der Waals surface area (Å²) in [5.41, 5.74) is 5.65. The van der Waals surface area contributed by atoms with Gasteiger partial charge in [-0.3, -0.25) is 9.59 Å². The van der Waals surface area contributed by atoms with Crippen LogP contribution in [0, 0.1) is 0 Å². The van der Waals surface area contributed by atoms with Gasteiger partial charge in [0.1, 0.15) is 6.04 Å². The average Bonchev–Trinajstić information content (AvgIpc) is 2.46. The quantitative estimate of drug-likeness (QED) is 0.739. The Balaban J connectivity index is 2.24. The molecule has 0 bridgehead atoms. The summed E-state index contributed by atoms with van der Waals surface area (Å²) < 4.78 is 4.56. The number of esters is 1. The lowest BCUT2D eigenvalue weighted by molar-refractivity contribution is -0.142. The van der Waals surface area contributed by atoms with Gasteiger partial charge in [-0.05, 0) is 38.4 Å². The molecule has 110 valence electrons. The molecule has 2 atom stereocenters. The van der Waals surface area contributed by atoms with Crippen molar-refractivity contribution in [2.75, 3.05) is 26.0 Å². The average molecular weight is 288 g/mol. The van der Waals surface area contributed by atoms with Crippen molar-refractivity contribution in [1.82, 2.24) is 4.90 Å². The molecule has 0 spiro atoms. The number of thioether (sulfide) groups is 1. The minimum atomic E-state index is -0.588. The molecular formula is C13H24N2O3S. The molecule has 1 fully saturated rings. The first kappa shape index (κ1) is 16.3. The third-order valence-corrected chi connectivity index (χ3v) is 4.49. The maximum Gasteiger partial charge on any atom is 0.322 e. The highest BCUT2D eigenvalue weighted by atomic mass is 32.2. The van der Waals surface area contributed by atoms with Crippen LogP contribution in [0.25, 0.3) is 0 Å². The van der Waals surface area contributed by atoms with E-state index in [0.717, 1.165) is 25.9 Å². The van der Waals surface area contributed by atoms with Crippen LogP contribution in [0.3, 0.4) is 0 Å². The monoisotopic (exact) mass is 288 g/mol. The van der Waals surface area contributed by atoms with Crippen LogP contribution in [0.5, 0.6) is 0 Å². The molecule has 1 rings (SSSR count). The van der Waals surface area contributed by atoms with Crippen LogP contribution in [0.1, 0.15) is 32.6 Å². The summed E-state index contributed by atoms with van der Waals surface area (Å²) in [7, 11) is 1.33. The summed E-state index contributed by atoms with van der Waals surface area (Å²) in [5.74, 6) is 0.503. The van der Waals surface area contributed by atoms with Crippen molar-refractivity contribution in [3.05, 3.63) is 0 Å². The summed E-state index contributed by atoms with van der Waals surface area (Å²) in [6, 6.07) is -0.588. The fraction of sp³-hybridized carbons (Fsp3) is 0.846. The van der Waals surface area contributed by atoms with E-state index in [1.165, 1.54) is 13.5 Å². The Kier molecular flexibility index (Phi) is 7.23. The zero-order valence-corrected chi connectivity index (χ0v) is 12.6. The molecule has 0 aromatic carbocycles. The summed E-state index contributed by atoms with van der Waals surface area (Å²) in [6.07, 6.45) is 3.97. The van der Waals surface area contributed by atoms with Crippen LogP contribution < -0.4 is 5.73 Å². The van der Waals surface area contributed by atoms with E-state index in [2.05, 4.69) is 4.74 Å². The van der Waals surface area contributed by atoms with E-state index in [9.17, 15) is 9.59 Å². The van der Waals surface area contributed by atoms with E-state index < -0.39 is 12.0 Å². The number of ether oxygens (including phenoxy) is 1. The van der Waals surface area contributed by atoms with E-state index in [4.69, 9.17) is 5.73 Å². The molecule has 1 amide bonds. The van der Waals surface area contributed by atoms with Crippen LogP contribution in [0.15, 0.2) is 0 Å². The lowest BCUT2D eigenvalue weighted by Gasteiger charge is -2.29. The van der Waals surface area contributed by atoms with Gasteiger partial charge in [-0.25, -0.2) is 0 Å². The Bertz CT molecular complexity index is 306. The number of amides is 1. The largest absolute Gasteiger partial charge is 0.468 e. The van der Waals surface area contributed by atoms with Crippen molar-refractivity contribution in [3.63, 3.8) is 0 Å². The fourth-order valence-electron chi connectivity index (χ4n) is 2.08. The topological polar surface area (TPSA) is 72.6 Å². The molecule has 1 aliphatic heterocycles. The van der Waals surface area contributed by atoms with Gasteiger partial charge >= 0.3 is 5.97 Å². The molecule has 19 heavy (non-hydrogen) atoms. The Hall–Kier alpha value is -0.750. The molecule has 1 heterocycles. The van der Waals surface area contributed by atoms with Gasteiger partial charge in [0, 0.05) is 13.1 Å². The highest BCUT2D eigenvalue weighted by Crippen LogP contribution is 2.18. The predicted octanol–water partition coefficient (Wildman–Crippen LogP) is 1.01. The lowest BCUT2D eigenvalue weighted by Crippen LogP contribution is -2.40. The van der Waals surface area contributed by atoms with Crippen LogP contribution in [-0.4, -0.2) is 54.0 Å². The second-order valence-electron chi connectivity index (χ2n) is 4.82. The van der Waals surface area contributed by atoms with Gasteiger partial charge in [-0.1, -0.05) is 0 Å². The molecule has 0 saturated carbocycles. The number of rotatable bonds is 6. The van der Waals surface area contributed by atoms with Gasteiger partial charge in [0.25, 0.3) is 0 Å². The molecular weight excluding hydrogens is 264 g/mol. The predicted molar refractivity (Wildman–Crippen MR) is 77.0 cm³/mol. The first-order chi connectivity index (χ1) is 9.06. The SMILES string of the molecule is COC(=O)C(N)CCSC(C)C(=O)N1CCCCC1. The van der Waals surface area contributed by atoms with Crippen molar-refractivity contribution in [2.24, 2.45) is 5.73 Å². The number of carbonyl (C=O) groups is 2. The molecule has 0 aliphatic carbocycles. The van der Waals surface area contributed by atoms with Crippen LogP contribution in [0.4, 0.5) is 0 Å². The number of piperidine rings is 1. The van der Waals surface area contributed by atoms with Crippen molar-refractivity contribution in [2.45, 2.75) is 43.9 Å². The zero-order chi connectivity index (χ0) is 14.3. The van der Waals surface area contributed by atoms with Gasteiger partial charge < -0.3 is 15.4 Å². The normalized spacial score (nSPS) is 18.8. The maximum absolute atomic E-state index is 12.1. The Morgan fingerprint density at radius 1 is 1.32 bits per heavy atom. The first-order valence-electron chi connectivity index (χ1n) is 6.80. The van der Waals surface area contributed by atoms with Crippen LogP contribution >= 0.6 is 11.8 Å². The van der Waals surface area contributed by atoms with Gasteiger partial charge in [-0.15, -0.1) is 11.8 Å². The van der Waals surface area contributed by atoms with Crippen molar-refractivity contribution in [1.29, 1.82) is 0 Å². The molecule has 2 N–H and O–H groups in total. The zero-order valence-electron chi connectivity index (χ0n) is 11.8. The number of likely N-dealkylation sites (tertiary alicyclic amines) is 1. The third kappa shape index (κ3) is 5.40. The van der Waals surface area contributed by atoms with E-state index >= 15 is 0 Å². The number of hydrogen-bond acceptors (Lipinski definition) is 5. The number of carbonyl (C=O) groups excluding carboxylic acids is 2. The second-order valence-corrected chi connectivity index (χ2v) is 6.27. The van der Waals surface area contributed by atoms with E-state index in [1.807, 2.05) is 11.8 Å². The second kappa shape index (κ2) is 8.43. The van der Waals surface area contributed by atoms with Gasteiger partial charge in [0.05, 0.1) is 12.4 Å². The summed E-state index contributed by atoms with van der Waals surface area (Å²) in [6.45, 7) is 3.68. The highest BCUT2D eigenvalue weighted by molar-refractivity contribution is 8.00. The van der Waals surface area contributed by atoms with Gasteiger partial charge in [0.15, 0.2) is 0 Å². The summed E-state index contributed by atoms with van der Waals surface area (Å²) in [4.78, 5) is 25.2. The Morgan fingerprint density at radius 2 is 1.95 bits per heavy atom. The van der Waals surface area contributed by atoms with E-state index in [-0.39, 0.29) is 11.2 Å². The van der Waals surface area contributed by atoms with E-state index in [1.54, 1.807) is 11.8 Å². The molecule has 1 saturated heterocycles. The number of nitrogens with zero attached hydrogens (tertiary/aromatic N) is 1. The molecule has 2 unspecified atom stereocenters. The maximum atomic E-state index is 12.1. The lowest BCUT2D eigenvalue weighted by atomic mass is 10.1. The standard InChI is InChI=1S/C13H24N2O3S/c1-10(12(16)15-7-4-3-5-8-15)19-9-6-11(14)13(17)18-2/h10-11H,3-9,14H2,1-2H3. The van der Waals surface area contributed by atoms with Crippen molar-refractivity contribution >= 4 is 23.6 Å². The summed E-state index contributed by atoms with van der Waals surface area (Å²) in [5, 5.41) is -0.0667. The van der Waals surface area contributed by atoms with Crippen molar-refractivity contribution in [3.8, 4) is 0 Å². The van der Waals surface area contributed by atoms with Crippen LogP contribution in [-0.2, 0) is 14.3 Å². The number of hydrogen-bond donors (Lipinski definition) is 1. The Morgan fingerprint density at radius 3 is 2.53 bits per heavy atom. The minimum absolute atomic E-state index is 0.0667. The molecule has 6 heteroatoms. The third-order valence-electron chi connectivity index (χ3n) is 3.32.